The molecule has 0 fully saturated rings. The molecule has 2 aromatic carbocycles. The van der Waals surface area contributed by atoms with Crippen LogP contribution in [0.2, 0.25) is 0 Å². The largest absolute Gasteiger partial charge is 0.466 e. The Bertz CT molecular complexity index is 1470. The van der Waals surface area contributed by atoms with E-state index in [9.17, 15) is 9.59 Å². The van der Waals surface area contributed by atoms with Crippen molar-refractivity contribution < 1.29 is 9.53 Å². The number of rotatable bonds is 10. The van der Waals surface area contributed by atoms with Gasteiger partial charge in [-0.05, 0) is 66.6 Å². The second-order valence-corrected chi connectivity index (χ2v) is 10.3. The minimum Gasteiger partial charge on any atom is -0.466 e. The van der Waals surface area contributed by atoms with Crippen LogP contribution < -0.4 is 5.56 Å². The van der Waals surface area contributed by atoms with E-state index in [2.05, 4.69) is 69.5 Å². The van der Waals surface area contributed by atoms with Crippen LogP contribution in [0.25, 0.3) is 22.5 Å². The van der Waals surface area contributed by atoms with Crippen LogP contribution in [0, 0.1) is 0 Å². The van der Waals surface area contributed by atoms with Gasteiger partial charge in [-0.2, -0.15) is 0 Å². The summed E-state index contributed by atoms with van der Waals surface area (Å²) >= 11 is 0. The van der Waals surface area contributed by atoms with Crippen LogP contribution in [0.4, 0.5) is 0 Å². The topological polar surface area (TPSA) is 108 Å². The Morgan fingerprint density at radius 3 is 2.51 bits per heavy atom. The molecule has 0 bridgehead atoms. The molecule has 2 aromatic heterocycles. The highest BCUT2D eigenvalue weighted by Gasteiger charge is 2.31. The number of carbonyl (C=O) groups is 1. The molecule has 1 aliphatic rings. The molecule has 2 unspecified atom stereocenters. The van der Waals surface area contributed by atoms with Crippen LogP contribution in [0.5, 0.6) is 0 Å². The van der Waals surface area contributed by atoms with Crippen molar-refractivity contribution in [2.45, 2.75) is 77.8 Å². The number of tetrazole rings is 1. The van der Waals surface area contributed by atoms with E-state index >= 15 is 0 Å². The van der Waals surface area contributed by atoms with E-state index in [0.717, 1.165) is 59.2 Å². The zero-order valence-electron chi connectivity index (χ0n) is 22.9. The Balaban J connectivity index is 1.45. The van der Waals surface area contributed by atoms with Crippen molar-refractivity contribution in [3.05, 3.63) is 75.7 Å². The molecule has 5 rings (SSSR count). The van der Waals surface area contributed by atoms with Crippen LogP contribution in [0.15, 0.2) is 53.3 Å². The molecule has 9 nitrogen and oxygen atoms in total. The van der Waals surface area contributed by atoms with Gasteiger partial charge in [0.05, 0.1) is 12.6 Å². The predicted molar refractivity (Wildman–Crippen MR) is 149 cm³/mol. The van der Waals surface area contributed by atoms with Gasteiger partial charge < -0.3 is 4.74 Å². The standard InChI is InChI=1S/C30H36N6O3/c1-4-8-27-26(30(38)36-23(16-11-20(3)35(27)36)17-18-28(37)39-5-2)19-21-12-14-22(15-13-21)24-9-6-7-10-25(24)29-31-33-34-32-29/h6-7,9-10,12-15,20,23H,4-5,8,11,16-19H2,1-3H3,(H,31,32,33,34). The lowest BCUT2D eigenvalue weighted by atomic mass is 9.96. The Labute approximate surface area is 228 Å². The maximum Gasteiger partial charge on any atom is 0.305 e. The van der Waals surface area contributed by atoms with E-state index in [-0.39, 0.29) is 23.6 Å². The van der Waals surface area contributed by atoms with Crippen molar-refractivity contribution in [2.24, 2.45) is 0 Å². The van der Waals surface area contributed by atoms with E-state index < -0.39 is 0 Å². The molecule has 0 aliphatic carbocycles. The third kappa shape index (κ3) is 5.44. The molecule has 0 radical (unpaired) electrons. The molecular weight excluding hydrogens is 492 g/mol. The molecule has 1 N–H and O–H groups in total. The van der Waals surface area contributed by atoms with Gasteiger partial charge in [0.2, 0.25) is 0 Å². The van der Waals surface area contributed by atoms with E-state index in [1.54, 1.807) is 0 Å². The molecule has 3 heterocycles. The number of fused-ring (bicyclic) bond motifs is 1. The smallest absolute Gasteiger partial charge is 0.305 e. The Kier molecular flexibility index (Phi) is 8.05. The van der Waals surface area contributed by atoms with Gasteiger partial charge >= 0.3 is 5.97 Å². The first-order chi connectivity index (χ1) is 19.0. The maximum atomic E-state index is 13.9. The summed E-state index contributed by atoms with van der Waals surface area (Å²) in [7, 11) is 0. The highest BCUT2D eigenvalue weighted by Crippen LogP contribution is 2.34. The second-order valence-electron chi connectivity index (χ2n) is 10.3. The van der Waals surface area contributed by atoms with Crippen LogP contribution in [-0.4, -0.2) is 42.6 Å². The molecule has 0 saturated carbocycles. The van der Waals surface area contributed by atoms with Gasteiger partial charge in [0.25, 0.3) is 5.56 Å². The van der Waals surface area contributed by atoms with Gasteiger partial charge in [0.1, 0.15) is 0 Å². The SMILES string of the molecule is CCCc1c(Cc2ccc(-c3ccccc3-c3nnn[nH]3)cc2)c(=O)n2n1C(C)CCC2CCC(=O)OCC. The number of carbonyl (C=O) groups excluding carboxylic acids is 1. The third-order valence-electron chi connectivity index (χ3n) is 7.65. The summed E-state index contributed by atoms with van der Waals surface area (Å²) in [6, 6.07) is 16.7. The lowest BCUT2D eigenvalue weighted by molar-refractivity contribution is -0.143. The van der Waals surface area contributed by atoms with Gasteiger partial charge in [0, 0.05) is 35.7 Å². The van der Waals surface area contributed by atoms with Gasteiger partial charge in [-0.3, -0.25) is 14.3 Å². The van der Waals surface area contributed by atoms with Crippen LogP contribution in [0.3, 0.4) is 0 Å². The normalized spacial score (nSPS) is 16.7. The molecule has 1 aliphatic heterocycles. The number of esters is 1. The second kappa shape index (κ2) is 11.8. The lowest BCUT2D eigenvalue weighted by Crippen LogP contribution is -2.35. The van der Waals surface area contributed by atoms with Crippen LogP contribution >= 0.6 is 0 Å². The molecule has 0 spiro atoms. The Morgan fingerprint density at radius 2 is 1.82 bits per heavy atom. The zero-order chi connectivity index (χ0) is 27.4. The maximum absolute atomic E-state index is 13.9. The fourth-order valence-electron chi connectivity index (χ4n) is 5.81. The molecule has 4 aromatic rings. The number of hydrogen-bond acceptors (Lipinski definition) is 6. The summed E-state index contributed by atoms with van der Waals surface area (Å²) < 4.78 is 9.32. The predicted octanol–water partition coefficient (Wildman–Crippen LogP) is 5.28. The molecule has 9 heteroatoms. The summed E-state index contributed by atoms with van der Waals surface area (Å²) in [6.45, 7) is 6.54. The molecule has 0 amide bonds. The first-order valence-corrected chi connectivity index (χ1v) is 13.9. The zero-order valence-corrected chi connectivity index (χ0v) is 22.9. The average Bonchev–Trinajstić information content (AvgIpc) is 3.58. The highest BCUT2D eigenvalue weighted by atomic mass is 16.5. The first-order valence-electron chi connectivity index (χ1n) is 13.9. The van der Waals surface area contributed by atoms with Gasteiger partial charge in [0.15, 0.2) is 5.82 Å². The highest BCUT2D eigenvalue weighted by molar-refractivity contribution is 5.80. The Hall–Kier alpha value is -4.01. The number of ether oxygens (including phenoxy) is 1. The van der Waals surface area contributed by atoms with Crippen molar-refractivity contribution in [3.8, 4) is 22.5 Å². The number of nitrogens with zero attached hydrogens (tertiary/aromatic N) is 5. The molecular formula is C30H36N6O3. The van der Waals surface area contributed by atoms with E-state index in [1.807, 2.05) is 29.8 Å². The summed E-state index contributed by atoms with van der Waals surface area (Å²) in [6.07, 6.45) is 5.22. The first kappa shape index (κ1) is 26.6. The number of benzene rings is 2. The summed E-state index contributed by atoms with van der Waals surface area (Å²) in [5, 5.41) is 14.4. The summed E-state index contributed by atoms with van der Waals surface area (Å²) in [5.74, 6) is 0.426. The van der Waals surface area contributed by atoms with Gasteiger partial charge in [-0.25, -0.2) is 9.78 Å². The summed E-state index contributed by atoms with van der Waals surface area (Å²) in [4.78, 5) is 26.0. The third-order valence-corrected chi connectivity index (χ3v) is 7.65. The molecule has 39 heavy (non-hydrogen) atoms. The minimum absolute atomic E-state index is 0.00641. The molecule has 204 valence electrons. The fourth-order valence-corrected chi connectivity index (χ4v) is 5.81. The fraction of sp³-hybridized carbons (Fsp3) is 0.433. The summed E-state index contributed by atoms with van der Waals surface area (Å²) in [5.41, 5.74) is 6.18. The van der Waals surface area contributed by atoms with Crippen LogP contribution in [-0.2, 0) is 22.4 Å². The van der Waals surface area contributed by atoms with E-state index in [4.69, 9.17) is 4.74 Å². The van der Waals surface area contributed by atoms with Crippen molar-refractivity contribution in [1.82, 2.24) is 30.0 Å². The minimum atomic E-state index is -0.197. The quantitative estimate of drug-likeness (QED) is 0.281. The molecule has 0 saturated heterocycles. The monoisotopic (exact) mass is 528 g/mol. The number of aromatic amines is 1. The average molecular weight is 529 g/mol. The Morgan fingerprint density at radius 1 is 1.05 bits per heavy atom. The van der Waals surface area contributed by atoms with Crippen molar-refractivity contribution in [2.75, 3.05) is 6.61 Å². The van der Waals surface area contributed by atoms with Crippen molar-refractivity contribution in [3.63, 3.8) is 0 Å². The lowest BCUT2D eigenvalue weighted by Gasteiger charge is -2.32. The number of hydrogen-bond donors (Lipinski definition) is 1. The number of H-pyrrole nitrogens is 1. The number of nitrogens with one attached hydrogen (secondary N) is 1. The van der Waals surface area contributed by atoms with Crippen molar-refractivity contribution >= 4 is 5.97 Å². The van der Waals surface area contributed by atoms with Gasteiger partial charge in [-0.1, -0.05) is 61.9 Å². The van der Waals surface area contributed by atoms with Crippen LogP contribution in [0.1, 0.15) is 81.8 Å². The van der Waals surface area contributed by atoms with Gasteiger partial charge in [-0.15, -0.1) is 5.10 Å². The van der Waals surface area contributed by atoms with E-state index in [1.165, 1.54) is 0 Å². The van der Waals surface area contributed by atoms with E-state index in [0.29, 0.717) is 31.7 Å². The molecule has 2 atom stereocenters. The van der Waals surface area contributed by atoms with Crippen molar-refractivity contribution in [1.29, 1.82) is 0 Å². The number of aromatic nitrogens is 6.